The van der Waals surface area contributed by atoms with E-state index in [2.05, 4.69) is 15.0 Å². The summed E-state index contributed by atoms with van der Waals surface area (Å²) in [5, 5.41) is 3.75. The van der Waals surface area contributed by atoms with Crippen molar-refractivity contribution < 1.29 is 31.9 Å². The van der Waals surface area contributed by atoms with Gasteiger partial charge in [-0.3, -0.25) is 4.79 Å². The van der Waals surface area contributed by atoms with Gasteiger partial charge in [-0.15, -0.1) is 13.2 Å². The molecule has 0 atom stereocenters. The van der Waals surface area contributed by atoms with E-state index in [1.54, 1.807) is 25.1 Å². The van der Waals surface area contributed by atoms with Crippen molar-refractivity contribution in [1.82, 2.24) is 10.3 Å². The van der Waals surface area contributed by atoms with Crippen molar-refractivity contribution in [2.75, 3.05) is 13.7 Å². The van der Waals surface area contributed by atoms with Gasteiger partial charge in [-0.2, -0.15) is 0 Å². The molecule has 7 nitrogen and oxygen atoms in total. The number of aromatic amines is 1. The maximum absolute atomic E-state index is 12.6. The summed E-state index contributed by atoms with van der Waals surface area (Å²) in [5.74, 6) is -0.401. The van der Waals surface area contributed by atoms with Crippen molar-refractivity contribution in [1.29, 1.82) is 0 Å². The van der Waals surface area contributed by atoms with Crippen LogP contribution >= 0.6 is 0 Å². The minimum Gasteiger partial charge on any atom is -0.497 e. The molecule has 2 heterocycles. The molecule has 1 amide bonds. The fourth-order valence-corrected chi connectivity index (χ4v) is 3.66. The van der Waals surface area contributed by atoms with Crippen molar-refractivity contribution in [3.8, 4) is 11.5 Å². The fraction of sp³-hybridized carbons (Fsp3) is 0.217. The molecule has 0 saturated carbocycles. The predicted octanol–water partition coefficient (Wildman–Crippen LogP) is 4.46. The van der Waals surface area contributed by atoms with E-state index in [9.17, 15) is 22.8 Å². The second-order valence-electron chi connectivity index (χ2n) is 7.34. The largest absolute Gasteiger partial charge is 0.573 e. The third-order valence-corrected chi connectivity index (χ3v) is 5.17. The topological polar surface area (TPSA) is 93.6 Å². The molecule has 0 spiro atoms. The molecule has 0 aliphatic carbocycles. The van der Waals surface area contributed by atoms with E-state index in [-0.39, 0.29) is 17.9 Å². The third-order valence-electron chi connectivity index (χ3n) is 5.17. The van der Waals surface area contributed by atoms with E-state index in [1.165, 1.54) is 31.4 Å². The summed E-state index contributed by atoms with van der Waals surface area (Å²) >= 11 is 0. The van der Waals surface area contributed by atoms with Crippen LogP contribution in [0.1, 0.15) is 21.6 Å². The summed E-state index contributed by atoms with van der Waals surface area (Å²) in [7, 11) is 1.50. The first-order chi connectivity index (χ1) is 15.6. The summed E-state index contributed by atoms with van der Waals surface area (Å²) in [4.78, 5) is 27.9. The number of halogens is 3. The Balaban J connectivity index is 1.51. The zero-order valence-corrected chi connectivity index (χ0v) is 17.6. The minimum atomic E-state index is -4.79. The van der Waals surface area contributed by atoms with E-state index in [0.717, 1.165) is 11.3 Å². The number of hydrogen-bond donors (Lipinski definition) is 2. The van der Waals surface area contributed by atoms with Crippen molar-refractivity contribution in [2.45, 2.75) is 19.7 Å². The first-order valence-electron chi connectivity index (χ1n) is 9.91. The maximum atomic E-state index is 12.6. The zero-order valence-electron chi connectivity index (χ0n) is 17.6. The van der Waals surface area contributed by atoms with Gasteiger partial charge in [-0.25, -0.2) is 4.79 Å². The monoisotopic (exact) mass is 460 g/mol. The Kier molecular flexibility index (Phi) is 5.75. The summed E-state index contributed by atoms with van der Waals surface area (Å²) in [6.07, 6.45) is -4.47. The molecule has 0 fully saturated rings. The molecule has 4 aromatic rings. The van der Waals surface area contributed by atoms with E-state index in [1.807, 2.05) is 0 Å². The summed E-state index contributed by atoms with van der Waals surface area (Å²) in [5.41, 5.74) is 1.51. The Morgan fingerprint density at radius 2 is 1.88 bits per heavy atom. The normalized spacial score (nSPS) is 11.7. The van der Waals surface area contributed by atoms with Crippen LogP contribution in [0.3, 0.4) is 0 Å². The molecule has 2 aromatic carbocycles. The number of hydrogen-bond acceptors (Lipinski definition) is 5. The maximum Gasteiger partial charge on any atom is 0.573 e. The van der Waals surface area contributed by atoms with Gasteiger partial charge >= 0.3 is 12.0 Å². The summed E-state index contributed by atoms with van der Waals surface area (Å²) < 4.78 is 52.0. The first kappa shape index (κ1) is 22.3. The number of methoxy groups -OCH3 is 1. The highest BCUT2D eigenvalue weighted by molar-refractivity contribution is 5.96. The molecular formula is C23H19F3N2O5. The van der Waals surface area contributed by atoms with E-state index in [4.69, 9.17) is 9.15 Å². The Bertz CT molecular complexity index is 1410. The number of alkyl halides is 3. The molecule has 0 saturated heterocycles. The number of nitrogens with one attached hydrogen (secondary N) is 2. The number of carbonyl (C=O) groups is 1. The van der Waals surface area contributed by atoms with E-state index in [0.29, 0.717) is 34.0 Å². The van der Waals surface area contributed by atoms with Gasteiger partial charge in [-0.05, 0) is 61.4 Å². The molecule has 0 aliphatic rings. The van der Waals surface area contributed by atoms with Crippen LogP contribution < -0.4 is 20.4 Å². The molecule has 0 radical (unpaired) electrons. The van der Waals surface area contributed by atoms with Gasteiger partial charge < -0.3 is 24.2 Å². The number of amides is 1. The second kappa shape index (κ2) is 8.53. The number of aryl methyl sites for hydroxylation is 1. The van der Waals surface area contributed by atoms with Gasteiger partial charge in [0.15, 0.2) is 0 Å². The molecular weight excluding hydrogens is 441 g/mol. The van der Waals surface area contributed by atoms with E-state index >= 15 is 0 Å². The lowest BCUT2D eigenvalue weighted by molar-refractivity contribution is -0.274. The Morgan fingerprint density at radius 1 is 1.12 bits per heavy atom. The highest BCUT2D eigenvalue weighted by atomic mass is 19.4. The standard InChI is InChI=1S/C23H19F3N2O5/c1-12-16(17-11-15(33-23(24,25)26)3-5-19(17)28-12)7-8-27-21(29)18-10-13-9-14(31-2)4-6-20(13)32-22(18)30/h3-6,9-11,28H,7-8H2,1-2H3,(H,27,29). The van der Waals surface area contributed by atoms with E-state index < -0.39 is 17.9 Å². The second-order valence-corrected chi connectivity index (χ2v) is 7.34. The number of fused-ring (bicyclic) bond motifs is 2. The van der Waals surface area contributed by atoms with Crippen LogP contribution in [0.15, 0.2) is 51.7 Å². The lowest BCUT2D eigenvalue weighted by Crippen LogP contribution is -2.30. The van der Waals surface area contributed by atoms with Crippen LogP contribution in [0.2, 0.25) is 0 Å². The summed E-state index contributed by atoms with van der Waals surface area (Å²) in [6.45, 7) is 1.93. The lowest BCUT2D eigenvalue weighted by Gasteiger charge is -2.09. The Labute approximate surface area is 185 Å². The van der Waals surface area contributed by atoms with Gasteiger partial charge in [0.05, 0.1) is 7.11 Å². The fourth-order valence-electron chi connectivity index (χ4n) is 3.66. The lowest BCUT2D eigenvalue weighted by atomic mass is 10.1. The number of aromatic nitrogens is 1. The van der Waals surface area contributed by atoms with Gasteiger partial charge in [0.1, 0.15) is 22.6 Å². The van der Waals surface area contributed by atoms with Gasteiger partial charge in [0, 0.05) is 28.5 Å². The molecule has 4 rings (SSSR count). The molecule has 2 N–H and O–H groups in total. The van der Waals surface area contributed by atoms with Crippen LogP contribution in [-0.2, 0) is 6.42 Å². The molecule has 0 bridgehead atoms. The molecule has 33 heavy (non-hydrogen) atoms. The number of benzene rings is 2. The average molecular weight is 460 g/mol. The Hall–Kier alpha value is -3.95. The van der Waals surface area contributed by atoms with Crippen LogP contribution in [0.4, 0.5) is 13.2 Å². The SMILES string of the molecule is COc1ccc2oc(=O)c(C(=O)NCCc3c(C)[nH]c4ccc(OC(F)(F)F)cc34)cc2c1. The number of carbonyl (C=O) groups excluding carboxylic acids is 1. The first-order valence-corrected chi connectivity index (χ1v) is 9.91. The quantitative estimate of drug-likeness (QED) is 0.415. The van der Waals surface area contributed by atoms with Gasteiger partial charge in [0.25, 0.3) is 5.91 Å². The molecule has 172 valence electrons. The molecule has 10 heteroatoms. The van der Waals surface area contributed by atoms with Crippen LogP contribution in [0.5, 0.6) is 11.5 Å². The van der Waals surface area contributed by atoms with Crippen molar-refractivity contribution in [3.05, 3.63) is 69.7 Å². The van der Waals surface area contributed by atoms with Crippen molar-refractivity contribution >= 4 is 27.8 Å². The van der Waals surface area contributed by atoms with Crippen LogP contribution in [-0.4, -0.2) is 30.9 Å². The third kappa shape index (κ3) is 4.79. The highest BCUT2D eigenvalue weighted by Gasteiger charge is 2.31. The zero-order chi connectivity index (χ0) is 23.8. The predicted molar refractivity (Wildman–Crippen MR) is 115 cm³/mol. The molecule has 0 aliphatic heterocycles. The molecule has 2 aromatic heterocycles. The Morgan fingerprint density at radius 3 is 2.61 bits per heavy atom. The number of H-pyrrole nitrogens is 1. The number of rotatable bonds is 6. The van der Waals surface area contributed by atoms with Gasteiger partial charge in [-0.1, -0.05) is 0 Å². The smallest absolute Gasteiger partial charge is 0.497 e. The highest BCUT2D eigenvalue weighted by Crippen LogP contribution is 2.30. The van der Waals surface area contributed by atoms with Crippen molar-refractivity contribution in [3.63, 3.8) is 0 Å². The van der Waals surface area contributed by atoms with Crippen LogP contribution in [0.25, 0.3) is 21.9 Å². The minimum absolute atomic E-state index is 0.145. The van der Waals surface area contributed by atoms with Gasteiger partial charge in [0.2, 0.25) is 0 Å². The van der Waals surface area contributed by atoms with Crippen molar-refractivity contribution in [2.24, 2.45) is 0 Å². The molecule has 0 unspecified atom stereocenters. The number of ether oxygens (including phenoxy) is 2. The van der Waals surface area contributed by atoms with Crippen LogP contribution in [0, 0.1) is 6.92 Å². The average Bonchev–Trinajstić information content (AvgIpc) is 3.06. The summed E-state index contributed by atoms with van der Waals surface area (Å²) in [6, 6.07) is 10.3.